The molecule has 0 fully saturated rings. The van der Waals surface area contributed by atoms with Gasteiger partial charge in [-0.3, -0.25) is 0 Å². The van der Waals surface area contributed by atoms with E-state index in [1.165, 1.54) is 5.56 Å². The largest absolute Gasteiger partial charge is 0.493 e. The molecule has 0 saturated carbocycles. The quantitative estimate of drug-likeness (QED) is 0.814. The first-order chi connectivity index (χ1) is 8.25. The molecule has 2 nitrogen and oxygen atoms in total. The second-order valence-electron chi connectivity index (χ2n) is 4.11. The Balaban J connectivity index is 1.90. The van der Waals surface area contributed by atoms with Gasteiger partial charge in [-0.1, -0.05) is 30.3 Å². The average molecular weight is 227 g/mol. The Labute approximate surface area is 102 Å². The van der Waals surface area contributed by atoms with E-state index < -0.39 is 0 Å². The van der Waals surface area contributed by atoms with Crippen molar-refractivity contribution in [2.75, 3.05) is 12.3 Å². The molecule has 0 aliphatic heterocycles. The van der Waals surface area contributed by atoms with E-state index in [1.54, 1.807) is 0 Å². The normalized spacial score (nSPS) is 10.2. The summed E-state index contributed by atoms with van der Waals surface area (Å²) in [6.07, 6.45) is 0.921. The zero-order valence-electron chi connectivity index (χ0n) is 10.0. The molecule has 0 bridgehead atoms. The molecule has 0 saturated heterocycles. The van der Waals surface area contributed by atoms with Crippen molar-refractivity contribution in [3.05, 3.63) is 59.7 Å². The zero-order chi connectivity index (χ0) is 12.1. The number of anilines is 1. The first-order valence-electron chi connectivity index (χ1n) is 5.78. The molecule has 2 rings (SSSR count). The highest BCUT2D eigenvalue weighted by atomic mass is 16.5. The minimum atomic E-state index is 0.689. The predicted octanol–water partition coefficient (Wildman–Crippen LogP) is 3.20. The van der Waals surface area contributed by atoms with Gasteiger partial charge in [-0.2, -0.15) is 0 Å². The minimum absolute atomic E-state index is 0.689. The highest BCUT2D eigenvalue weighted by Crippen LogP contribution is 2.20. The molecule has 0 aliphatic carbocycles. The molecule has 0 spiro atoms. The number of ether oxygens (including phenoxy) is 1. The molecule has 2 aromatic rings. The number of rotatable bonds is 4. The summed E-state index contributed by atoms with van der Waals surface area (Å²) in [5, 5.41) is 0. The van der Waals surface area contributed by atoms with Crippen LogP contribution in [0.3, 0.4) is 0 Å². The lowest BCUT2D eigenvalue weighted by atomic mass is 10.1. The van der Waals surface area contributed by atoms with Crippen LogP contribution in [0.1, 0.15) is 11.1 Å². The van der Waals surface area contributed by atoms with Crippen molar-refractivity contribution in [2.45, 2.75) is 13.3 Å². The van der Waals surface area contributed by atoms with Crippen LogP contribution in [0.25, 0.3) is 0 Å². The Morgan fingerprint density at radius 3 is 2.53 bits per heavy atom. The summed E-state index contributed by atoms with van der Waals surface area (Å²) in [7, 11) is 0. The lowest BCUT2D eigenvalue weighted by Crippen LogP contribution is -2.02. The summed E-state index contributed by atoms with van der Waals surface area (Å²) in [6.45, 7) is 2.70. The third kappa shape index (κ3) is 3.25. The number of nitrogen functional groups attached to an aromatic ring is 1. The van der Waals surface area contributed by atoms with Crippen LogP contribution in [0.5, 0.6) is 5.75 Å². The molecule has 0 aliphatic rings. The van der Waals surface area contributed by atoms with Crippen LogP contribution in [0.15, 0.2) is 48.5 Å². The van der Waals surface area contributed by atoms with Gasteiger partial charge in [0.2, 0.25) is 0 Å². The summed E-state index contributed by atoms with van der Waals surface area (Å²) in [5.41, 5.74) is 8.84. The van der Waals surface area contributed by atoms with Crippen LogP contribution in [-0.4, -0.2) is 6.61 Å². The van der Waals surface area contributed by atoms with Gasteiger partial charge < -0.3 is 10.5 Å². The van der Waals surface area contributed by atoms with Gasteiger partial charge in [0.05, 0.1) is 6.61 Å². The summed E-state index contributed by atoms with van der Waals surface area (Å²) in [5.74, 6) is 0.912. The van der Waals surface area contributed by atoms with E-state index in [-0.39, 0.29) is 0 Å². The molecule has 0 unspecified atom stereocenters. The van der Waals surface area contributed by atoms with Crippen molar-refractivity contribution in [2.24, 2.45) is 0 Å². The van der Waals surface area contributed by atoms with Gasteiger partial charge >= 0.3 is 0 Å². The van der Waals surface area contributed by atoms with Gasteiger partial charge in [-0.05, 0) is 36.2 Å². The van der Waals surface area contributed by atoms with Crippen molar-refractivity contribution in [3.63, 3.8) is 0 Å². The highest BCUT2D eigenvalue weighted by Gasteiger charge is 1.99. The molecule has 2 aromatic carbocycles. The number of nitrogens with two attached hydrogens (primary N) is 1. The van der Waals surface area contributed by atoms with Crippen molar-refractivity contribution in [1.82, 2.24) is 0 Å². The van der Waals surface area contributed by atoms with Gasteiger partial charge in [0.1, 0.15) is 5.75 Å². The number of benzene rings is 2. The van der Waals surface area contributed by atoms with Crippen LogP contribution < -0.4 is 10.5 Å². The van der Waals surface area contributed by atoms with Gasteiger partial charge in [-0.15, -0.1) is 0 Å². The van der Waals surface area contributed by atoms with Gasteiger partial charge in [-0.25, -0.2) is 0 Å². The fourth-order valence-corrected chi connectivity index (χ4v) is 1.76. The van der Waals surface area contributed by atoms with Crippen LogP contribution in [-0.2, 0) is 6.42 Å². The second kappa shape index (κ2) is 5.39. The monoisotopic (exact) mass is 227 g/mol. The Morgan fingerprint density at radius 1 is 1.06 bits per heavy atom. The van der Waals surface area contributed by atoms with Crippen molar-refractivity contribution < 1.29 is 4.74 Å². The third-order valence-electron chi connectivity index (χ3n) is 2.69. The Bertz CT molecular complexity index is 480. The molecule has 0 aromatic heterocycles. The maximum absolute atomic E-state index is 5.74. The second-order valence-corrected chi connectivity index (χ2v) is 4.11. The average Bonchev–Trinajstić information content (AvgIpc) is 2.33. The lowest BCUT2D eigenvalue weighted by Gasteiger charge is -2.09. The van der Waals surface area contributed by atoms with E-state index in [0.29, 0.717) is 6.61 Å². The van der Waals surface area contributed by atoms with Gasteiger partial charge in [0.15, 0.2) is 0 Å². The lowest BCUT2D eigenvalue weighted by molar-refractivity contribution is 0.320. The van der Waals surface area contributed by atoms with Crippen LogP contribution in [0.2, 0.25) is 0 Å². The van der Waals surface area contributed by atoms with E-state index >= 15 is 0 Å². The smallest absolute Gasteiger partial charge is 0.122 e. The first-order valence-corrected chi connectivity index (χ1v) is 5.78. The van der Waals surface area contributed by atoms with Crippen LogP contribution in [0, 0.1) is 6.92 Å². The third-order valence-corrected chi connectivity index (χ3v) is 2.69. The molecule has 0 radical (unpaired) electrons. The van der Waals surface area contributed by atoms with Crippen molar-refractivity contribution >= 4 is 5.69 Å². The molecule has 0 heterocycles. The Morgan fingerprint density at radius 2 is 1.82 bits per heavy atom. The molecule has 2 N–H and O–H groups in total. The fourth-order valence-electron chi connectivity index (χ4n) is 1.76. The molecule has 0 atom stereocenters. The molecule has 0 amide bonds. The molecule has 2 heteroatoms. The van der Waals surface area contributed by atoms with E-state index in [1.807, 2.05) is 43.3 Å². The minimum Gasteiger partial charge on any atom is -0.493 e. The highest BCUT2D eigenvalue weighted by molar-refractivity contribution is 5.47. The van der Waals surface area contributed by atoms with Crippen molar-refractivity contribution in [3.8, 4) is 5.75 Å². The van der Waals surface area contributed by atoms with Crippen molar-refractivity contribution in [1.29, 1.82) is 0 Å². The fraction of sp³-hybridized carbons (Fsp3) is 0.200. The molecular weight excluding hydrogens is 210 g/mol. The standard InChI is InChI=1S/C15H17NO/c1-12-11-14(16)7-8-15(12)17-10-9-13-5-3-2-4-6-13/h2-8,11H,9-10,16H2,1H3. The number of aryl methyl sites for hydroxylation is 1. The van der Waals surface area contributed by atoms with E-state index in [0.717, 1.165) is 23.4 Å². The molecular formula is C15H17NO. The van der Waals surface area contributed by atoms with E-state index in [4.69, 9.17) is 10.5 Å². The topological polar surface area (TPSA) is 35.2 Å². The van der Waals surface area contributed by atoms with E-state index in [9.17, 15) is 0 Å². The molecule has 88 valence electrons. The Hall–Kier alpha value is -1.96. The zero-order valence-corrected chi connectivity index (χ0v) is 10.0. The van der Waals surface area contributed by atoms with Crippen LogP contribution in [0.4, 0.5) is 5.69 Å². The summed E-state index contributed by atoms with van der Waals surface area (Å²) in [6, 6.07) is 16.1. The number of hydrogen-bond acceptors (Lipinski definition) is 2. The summed E-state index contributed by atoms with van der Waals surface area (Å²) in [4.78, 5) is 0. The first kappa shape index (κ1) is 11.5. The number of hydrogen-bond donors (Lipinski definition) is 1. The van der Waals surface area contributed by atoms with E-state index in [2.05, 4.69) is 12.1 Å². The van der Waals surface area contributed by atoms with Gasteiger partial charge in [0, 0.05) is 12.1 Å². The Kier molecular flexibility index (Phi) is 3.66. The molecule has 17 heavy (non-hydrogen) atoms. The SMILES string of the molecule is Cc1cc(N)ccc1OCCc1ccccc1. The van der Waals surface area contributed by atoms with Crippen LogP contribution >= 0.6 is 0 Å². The maximum Gasteiger partial charge on any atom is 0.122 e. The maximum atomic E-state index is 5.74. The summed E-state index contributed by atoms with van der Waals surface area (Å²) >= 11 is 0. The summed E-state index contributed by atoms with van der Waals surface area (Å²) < 4.78 is 5.74. The predicted molar refractivity (Wildman–Crippen MR) is 71.2 cm³/mol. The van der Waals surface area contributed by atoms with Gasteiger partial charge in [0.25, 0.3) is 0 Å².